The standard InChI is InChI=1S/C13H19N3O2/c1-15-13(17)12-8-11(6-7-16-12)18-10-4-2-9(14)3-5-10/h2-5,11-12,16H,6-8,14H2,1H3,(H,15,17). The summed E-state index contributed by atoms with van der Waals surface area (Å²) >= 11 is 0. The monoisotopic (exact) mass is 249 g/mol. The molecule has 1 heterocycles. The van der Waals surface area contributed by atoms with Gasteiger partial charge in [0, 0.05) is 19.2 Å². The third-order valence-corrected chi connectivity index (χ3v) is 3.10. The Morgan fingerprint density at radius 2 is 2.17 bits per heavy atom. The molecule has 1 aliphatic heterocycles. The second kappa shape index (κ2) is 5.73. The van der Waals surface area contributed by atoms with E-state index in [4.69, 9.17) is 10.5 Å². The molecule has 5 nitrogen and oxygen atoms in total. The highest BCUT2D eigenvalue weighted by molar-refractivity contribution is 5.81. The number of hydrogen-bond acceptors (Lipinski definition) is 4. The van der Waals surface area contributed by atoms with Gasteiger partial charge < -0.3 is 21.1 Å². The van der Waals surface area contributed by atoms with Crippen molar-refractivity contribution in [3.63, 3.8) is 0 Å². The molecule has 0 bridgehead atoms. The van der Waals surface area contributed by atoms with Crippen molar-refractivity contribution in [1.29, 1.82) is 0 Å². The Hall–Kier alpha value is -1.75. The van der Waals surface area contributed by atoms with E-state index in [9.17, 15) is 4.79 Å². The van der Waals surface area contributed by atoms with Crippen LogP contribution in [-0.4, -0.2) is 31.6 Å². The highest BCUT2D eigenvalue weighted by atomic mass is 16.5. The molecule has 0 aliphatic carbocycles. The van der Waals surface area contributed by atoms with Gasteiger partial charge in [-0.25, -0.2) is 0 Å². The molecular weight excluding hydrogens is 230 g/mol. The average Bonchev–Trinajstić information content (AvgIpc) is 2.41. The molecule has 5 heteroatoms. The van der Waals surface area contributed by atoms with Gasteiger partial charge in [0.05, 0.1) is 6.04 Å². The van der Waals surface area contributed by atoms with Crippen LogP contribution in [0.4, 0.5) is 5.69 Å². The van der Waals surface area contributed by atoms with Crippen molar-refractivity contribution in [2.24, 2.45) is 0 Å². The molecule has 1 aliphatic rings. The molecule has 1 aromatic rings. The van der Waals surface area contributed by atoms with Gasteiger partial charge in [-0.3, -0.25) is 4.79 Å². The fraction of sp³-hybridized carbons (Fsp3) is 0.462. The van der Waals surface area contributed by atoms with Gasteiger partial charge in [-0.2, -0.15) is 0 Å². The lowest BCUT2D eigenvalue weighted by molar-refractivity contribution is -0.123. The Labute approximate surface area is 107 Å². The first-order chi connectivity index (χ1) is 8.69. The van der Waals surface area contributed by atoms with E-state index in [1.807, 2.05) is 24.3 Å². The minimum Gasteiger partial charge on any atom is -0.490 e. The quantitative estimate of drug-likeness (QED) is 0.682. The second-order valence-electron chi connectivity index (χ2n) is 4.45. The van der Waals surface area contributed by atoms with Crippen LogP contribution < -0.4 is 21.1 Å². The third kappa shape index (κ3) is 3.13. The molecule has 18 heavy (non-hydrogen) atoms. The summed E-state index contributed by atoms with van der Waals surface area (Å²) in [6, 6.07) is 7.17. The number of likely N-dealkylation sites (N-methyl/N-ethyl adjacent to an activating group) is 1. The van der Waals surface area contributed by atoms with Crippen molar-refractivity contribution in [3.8, 4) is 5.75 Å². The number of rotatable bonds is 3. The summed E-state index contributed by atoms with van der Waals surface area (Å²) in [4.78, 5) is 11.6. The van der Waals surface area contributed by atoms with E-state index < -0.39 is 0 Å². The zero-order valence-corrected chi connectivity index (χ0v) is 10.5. The van der Waals surface area contributed by atoms with Gasteiger partial charge in [0.15, 0.2) is 0 Å². The van der Waals surface area contributed by atoms with Gasteiger partial charge >= 0.3 is 0 Å². The Morgan fingerprint density at radius 3 is 2.83 bits per heavy atom. The minimum atomic E-state index is -0.164. The number of amides is 1. The number of carbonyl (C=O) groups is 1. The van der Waals surface area contributed by atoms with Crippen LogP contribution in [0, 0.1) is 0 Å². The van der Waals surface area contributed by atoms with Crippen LogP contribution in [0.3, 0.4) is 0 Å². The van der Waals surface area contributed by atoms with Crippen molar-refractivity contribution in [2.45, 2.75) is 25.0 Å². The van der Waals surface area contributed by atoms with E-state index in [0.717, 1.165) is 24.4 Å². The summed E-state index contributed by atoms with van der Waals surface area (Å²) in [7, 11) is 1.65. The number of ether oxygens (including phenoxy) is 1. The van der Waals surface area contributed by atoms with Crippen molar-refractivity contribution in [3.05, 3.63) is 24.3 Å². The largest absolute Gasteiger partial charge is 0.490 e. The van der Waals surface area contributed by atoms with Crippen molar-refractivity contribution in [1.82, 2.24) is 10.6 Å². The molecule has 1 amide bonds. The van der Waals surface area contributed by atoms with E-state index in [0.29, 0.717) is 6.42 Å². The molecule has 1 fully saturated rings. The zero-order valence-electron chi connectivity index (χ0n) is 10.5. The molecule has 98 valence electrons. The summed E-state index contributed by atoms with van der Waals surface area (Å²) in [5.74, 6) is 0.812. The number of piperidine rings is 1. The number of hydrogen-bond donors (Lipinski definition) is 3. The molecular formula is C13H19N3O2. The van der Waals surface area contributed by atoms with Crippen LogP contribution in [0.5, 0.6) is 5.75 Å². The molecule has 1 saturated heterocycles. The van der Waals surface area contributed by atoms with Gasteiger partial charge in [-0.15, -0.1) is 0 Å². The van der Waals surface area contributed by atoms with Crippen molar-refractivity contribution >= 4 is 11.6 Å². The third-order valence-electron chi connectivity index (χ3n) is 3.10. The summed E-state index contributed by atoms with van der Waals surface area (Å²) in [6.45, 7) is 0.789. The van der Waals surface area contributed by atoms with Gasteiger partial charge in [0.25, 0.3) is 0 Å². The fourth-order valence-corrected chi connectivity index (χ4v) is 2.10. The number of nitrogens with two attached hydrogens (primary N) is 1. The van der Waals surface area contributed by atoms with Crippen LogP contribution in [0.15, 0.2) is 24.3 Å². The summed E-state index contributed by atoms with van der Waals surface area (Å²) in [5.41, 5.74) is 6.34. The zero-order chi connectivity index (χ0) is 13.0. The Bertz CT molecular complexity index is 405. The first kappa shape index (κ1) is 12.7. The topological polar surface area (TPSA) is 76.4 Å². The van der Waals surface area contributed by atoms with E-state index in [1.54, 1.807) is 7.05 Å². The lowest BCUT2D eigenvalue weighted by Crippen LogP contribution is -2.50. The molecule has 4 N–H and O–H groups in total. The average molecular weight is 249 g/mol. The molecule has 0 spiro atoms. The molecule has 1 aromatic carbocycles. The van der Waals surface area contributed by atoms with E-state index in [-0.39, 0.29) is 18.1 Å². The molecule has 0 aromatic heterocycles. The Morgan fingerprint density at radius 1 is 1.44 bits per heavy atom. The summed E-state index contributed by atoms with van der Waals surface area (Å²) in [5, 5.41) is 5.84. The van der Waals surface area contributed by atoms with Gasteiger partial charge in [0.2, 0.25) is 5.91 Å². The number of benzene rings is 1. The summed E-state index contributed by atoms with van der Waals surface area (Å²) in [6.07, 6.45) is 1.65. The molecule has 2 unspecified atom stereocenters. The maximum atomic E-state index is 11.6. The van der Waals surface area contributed by atoms with E-state index in [2.05, 4.69) is 10.6 Å². The Kier molecular flexibility index (Phi) is 4.04. The number of nitrogen functional groups attached to an aromatic ring is 1. The lowest BCUT2D eigenvalue weighted by Gasteiger charge is -2.29. The first-order valence-electron chi connectivity index (χ1n) is 6.16. The maximum Gasteiger partial charge on any atom is 0.237 e. The predicted octanol–water partition coefficient (Wildman–Crippen LogP) is 0.514. The SMILES string of the molecule is CNC(=O)C1CC(Oc2ccc(N)cc2)CCN1. The highest BCUT2D eigenvalue weighted by Crippen LogP contribution is 2.19. The fourth-order valence-electron chi connectivity index (χ4n) is 2.10. The normalized spacial score (nSPS) is 23.4. The highest BCUT2D eigenvalue weighted by Gasteiger charge is 2.27. The van der Waals surface area contributed by atoms with Crippen LogP contribution in [0.2, 0.25) is 0 Å². The number of anilines is 1. The van der Waals surface area contributed by atoms with Crippen LogP contribution in [0.25, 0.3) is 0 Å². The van der Waals surface area contributed by atoms with Gasteiger partial charge in [-0.1, -0.05) is 0 Å². The molecule has 0 radical (unpaired) electrons. The summed E-state index contributed by atoms with van der Waals surface area (Å²) < 4.78 is 5.86. The van der Waals surface area contributed by atoms with Crippen molar-refractivity contribution in [2.75, 3.05) is 19.3 Å². The lowest BCUT2D eigenvalue weighted by atomic mass is 10.0. The first-order valence-corrected chi connectivity index (χ1v) is 6.16. The van der Waals surface area contributed by atoms with Crippen LogP contribution in [-0.2, 0) is 4.79 Å². The van der Waals surface area contributed by atoms with Crippen LogP contribution in [0.1, 0.15) is 12.8 Å². The number of nitrogens with one attached hydrogen (secondary N) is 2. The van der Waals surface area contributed by atoms with E-state index in [1.165, 1.54) is 0 Å². The van der Waals surface area contributed by atoms with Crippen LogP contribution >= 0.6 is 0 Å². The smallest absolute Gasteiger partial charge is 0.237 e. The molecule has 2 atom stereocenters. The molecule has 2 rings (SSSR count). The second-order valence-corrected chi connectivity index (χ2v) is 4.45. The predicted molar refractivity (Wildman–Crippen MR) is 70.4 cm³/mol. The van der Waals surface area contributed by atoms with Crippen molar-refractivity contribution < 1.29 is 9.53 Å². The van der Waals surface area contributed by atoms with E-state index >= 15 is 0 Å². The number of carbonyl (C=O) groups excluding carboxylic acids is 1. The molecule has 0 saturated carbocycles. The van der Waals surface area contributed by atoms with Gasteiger partial charge in [0.1, 0.15) is 11.9 Å². The Balaban J connectivity index is 1.93. The van der Waals surface area contributed by atoms with Gasteiger partial charge in [-0.05, 0) is 37.2 Å². The minimum absolute atomic E-state index is 0.0145. The maximum absolute atomic E-state index is 11.6.